The van der Waals surface area contributed by atoms with Crippen molar-refractivity contribution in [3.63, 3.8) is 0 Å². The van der Waals surface area contributed by atoms with E-state index in [0.717, 1.165) is 71.0 Å². The minimum absolute atomic E-state index is 0. The molecule has 4 aliphatic rings. The lowest BCUT2D eigenvalue weighted by atomic mass is 9.75. The zero-order valence-corrected chi connectivity index (χ0v) is 32.9. The lowest BCUT2D eigenvalue weighted by Gasteiger charge is -2.30. The summed E-state index contributed by atoms with van der Waals surface area (Å²) in [7, 11) is 0. The molecule has 0 fully saturated rings. The fourth-order valence-electron chi connectivity index (χ4n) is 8.97. The third-order valence-corrected chi connectivity index (χ3v) is 11.9. The van der Waals surface area contributed by atoms with Gasteiger partial charge >= 0.3 is 0 Å². The van der Waals surface area contributed by atoms with Crippen molar-refractivity contribution in [1.82, 2.24) is 0 Å². The highest BCUT2D eigenvalue weighted by atomic mass is 14.3. The van der Waals surface area contributed by atoms with Crippen LogP contribution in [0.2, 0.25) is 0 Å². The van der Waals surface area contributed by atoms with Gasteiger partial charge in [-0.1, -0.05) is 159 Å². The van der Waals surface area contributed by atoms with Crippen LogP contribution >= 0.6 is 0 Å². The van der Waals surface area contributed by atoms with Crippen LogP contribution in [-0.2, 0) is 0 Å². The zero-order chi connectivity index (χ0) is 33.7. The molecule has 48 heavy (non-hydrogen) atoms. The molecule has 0 saturated carbocycles. The van der Waals surface area contributed by atoms with Crippen molar-refractivity contribution < 1.29 is 0 Å². The summed E-state index contributed by atoms with van der Waals surface area (Å²) >= 11 is 0. The quantitative estimate of drug-likeness (QED) is 0.261. The Bertz CT molecular complexity index is 766. The van der Waals surface area contributed by atoms with Gasteiger partial charge in [0.15, 0.2) is 0 Å². The molecule has 8 atom stereocenters. The van der Waals surface area contributed by atoms with Gasteiger partial charge in [0.1, 0.15) is 0 Å². The summed E-state index contributed by atoms with van der Waals surface area (Å²) in [6, 6.07) is 0. The molecule has 0 aromatic heterocycles. The summed E-state index contributed by atoms with van der Waals surface area (Å²) in [5.74, 6) is 10.8. The monoisotopic (exact) mass is 673 g/mol. The molecule has 0 radical (unpaired) electrons. The second-order valence-corrected chi connectivity index (χ2v) is 17.5. The van der Waals surface area contributed by atoms with Crippen molar-refractivity contribution in [1.29, 1.82) is 0 Å². The van der Waals surface area contributed by atoms with E-state index in [0.29, 0.717) is 0 Å². The van der Waals surface area contributed by atoms with Gasteiger partial charge < -0.3 is 0 Å². The Hall–Kier alpha value is -1.04. The Morgan fingerprint density at radius 3 is 0.604 bits per heavy atom. The van der Waals surface area contributed by atoms with Crippen molar-refractivity contribution in [2.45, 2.75) is 192 Å². The molecule has 0 N–H and O–H groups in total. The molecular weight excluding hydrogens is 577 g/mol. The van der Waals surface area contributed by atoms with Crippen molar-refractivity contribution in [3.8, 4) is 0 Å². The molecule has 4 aliphatic carbocycles. The Kier molecular flexibility index (Phi) is 29.9. The predicted octanol–water partition coefficient (Wildman–Crippen LogP) is 17.1. The molecule has 0 bridgehead atoms. The number of rotatable bonds is 4. The molecule has 0 amide bonds. The Morgan fingerprint density at radius 2 is 0.500 bits per heavy atom. The summed E-state index contributed by atoms with van der Waals surface area (Å²) in [6.07, 6.45) is 20.2. The molecule has 0 unspecified atom stereocenters. The van der Waals surface area contributed by atoms with Crippen molar-refractivity contribution in [2.75, 3.05) is 0 Å². The number of hydrogen-bond donors (Lipinski definition) is 0. The molecule has 0 aliphatic heterocycles. The molecule has 0 saturated heterocycles. The van der Waals surface area contributed by atoms with Gasteiger partial charge in [0.25, 0.3) is 0 Å². The molecule has 288 valence electrons. The molecule has 0 spiro atoms. The maximum Gasteiger partial charge on any atom is -0.0294 e. The maximum absolute atomic E-state index is 2.42. The lowest BCUT2D eigenvalue weighted by molar-refractivity contribution is 0.259. The van der Waals surface area contributed by atoms with Gasteiger partial charge in [0.2, 0.25) is 0 Å². The Labute approximate surface area is 308 Å². The predicted molar refractivity (Wildman–Crippen MR) is 229 cm³/mol. The van der Waals surface area contributed by atoms with Crippen molar-refractivity contribution >= 4 is 0 Å². The second kappa shape index (κ2) is 26.7. The fraction of sp³-hybridized carbons (Fsp3) is 0.833. The average Bonchev–Trinajstić information content (AvgIpc) is 2.89. The van der Waals surface area contributed by atoms with E-state index in [2.05, 4.69) is 135 Å². The fourth-order valence-corrected chi connectivity index (χ4v) is 8.97. The smallest absolute Gasteiger partial charge is 0.0294 e. The van der Waals surface area contributed by atoms with Crippen LogP contribution in [0.4, 0.5) is 0 Å². The zero-order valence-electron chi connectivity index (χ0n) is 32.9. The van der Waals surface area contributed by atoms with Gasteiger partial charge in [-0.3, -0.25) is 0 Å². The third-order valence-electron chi connectivity index (χ3n) is 11.9. The Morgan fingerprint density at radius 1 is 0.354 bits per heavy atom. The third kappa shape index (κ3) is 19.4. The van der Waals surface area contributed by atoms with E-state index in [9.17, 15) is 0 Å². The van der Waals surface area contributed by atoms with Gasteiger partial charge in [0, 0.05) is 0 Å². The topological polar surface area (TPSA) is 0 Å². The number of allylic oxidation sites excluding steroid dienone is 8. The van der Waals surface area contributed by atoms with Crippen molar-refractivity contribution in [2.24, 2.45) is 71.0 Å². The first kappa shape index (κ1) is 53.7. The largest absolute Gasteiger partial charge is 0.0853 e. The van der Waals surface area contributed by atoms with E-state index < -0.39 is 0 Å². The van der Waals surface area contributed by atoms with Crippen LogP contribution in [0.1, 0.15) is 192 Å². The minimum Gasteiger partial charge on any atom is -0.0853 e. The van der Waals surface area contributed by atoms with Crippen LogP contribution in [0.25, 0.3) is 0 Å². The number of hydrogen-bond acceptors (Lipinski definition) is 0. The first-order valence-corrected chi connectivity index (χ1v) is 19.1. The van der Waals surface area contributed by atoms with Gasteiger partial charge in [-0.05, 0) is 150 Å². The highest BCUT2D eigenvalue weighted by Gasteiger charge is 2.25. The summed E-state index contributed by atoms with van der Waals surface area (Å²) in [5, 5.41) is 0. The summed E-state index contributed by atoms with van der Waals surface area (Å²) in [4.78, 5) is 0. The van der Waals surface area contributed by atoms with Crippen LogP contribution in [0.5, 0.6) is 0 Å². The average molecular weight is 673 g/mol. The molecule has 0 aromatic carbocycles. The van der Waals surface area contributed by atoms with E-state index in [1.54, 1.807) is 22.3 Å². The van der Waals surface area contributed by atoms with E-state index in [1.165, 1.54) is 51.4 Å². The molecular formula is C48H96. The SMILES string of the molecule is C.C.C.C.CC1=CC[C@@H](C(C)C)[C@@H](C)C1.CC1=CC[C@@H](C(C)C)[C@H](C)C1.CC1=CC[C@@H](C(C)C)[C@H](C)C1.CC1=CC[C@H](C(C)C)[C@@H](C)C1. The Balaban J connectivity index is -0.000000262. The van der Waals surface area contributed by atoms with E-state index in [1.807, 2.05) is 0 Å². The molecule has 0 heterocycles. The highest BCUT2D eigenvalue weighted by Crippen LogP contribution is 2.36. The normalized spacial score (nSPS) is 29.6. The van der Waals surface area contributed by atoms with Gasteiger partial charge in [-0.25, -0.2) is 0 Å². The van der Waals surface area contributed by atoms with Crippen LogP contribution < -0.4 is 0 Å². The van der Waals surface area contributed by atoms with E-state index in [4.69, 9.17) is 0 Å². The van der Waals surface area contributed by atoms with Crippen LogP contribution in [0.15, 0.2) is 46.6 Å². The molecule has 0 heteroatoms. The van der Waals surface area contributed by atoms with Crippen LogP contribution in [-0.4, -0.2) is 0 Å². The van der Waals surface area contributed by atoms with Crippen LogP contribution in [0.3, 0.4) is 0 Å². The second-order valence-electron chi connectivity index (χ2n) is 17.5. The molecule has 0 nitrogen and oxygen atoms in total. The van der Waals surface area contributed by atoms with Crippen molar-refractivity contribution in [3.05, 3.63) is 46.6 Å². The standard InChI is InChI=1S/4C11H20.4CH4/c4*1-8(2)11-6-5-9(3)7-10(11)4;;;;/h4*5,8,10-11H,6-7H2,1-4H3;4*1H4/t3*10-,11+;10-,11-;;;;/m1100..../s1. The minimum atomic E-state index is 0. The van der Waals surface area contributed by atoms with Crippen LogP contribution in [0, 0.1) is 71.0 Å². The van der Waals surface area contributed by atoms with E-state index in [-0.39, 0.29) is 29.7 Å². The summed E-state index contributed by atoms with van der Waals surface area (Å²) in [5.41, 5.74) is 6.37. The highest BCUT2D eigenvalue weighted by molar-refractivity contribution is 5.07. The van der Waals surface area contributed by atoms with Gasteiger partial charge in [0.05, 0.1) is 0 Å². The maximum atomic E-state index is 2.42. The van der Waals surface area contributed by atoms with Gasteiger partial charge in [-0.2, -0.15) is 0 Å². The molecule has 4 rings (SSSR count). The van der Waals surface area contributed by atoms with Gasteiger partial charge in [-0.15, -0.1) is 0 Å². The molecule has 0 aromatic rings. The first-order chi connectivity index (χ1) is 20.4. The first-order valence-electron chi connectivity index (χ1n) is 19.1. The van der Waals surface area contributed by atoms with E-state index >= 15 is 0 Å². The summed E-state index contributed by atoms with van der Waals surface area (Å²) in [6.45, 7) is 37.3. The summed E-state index contributed by atoms with van der Waals surface area (Å²) < 4.78 is 0. The lowest BCUT2D eigenvalue weighted by Crippen LogP contribution is -2.20.